The molecule has 0 unspecified atom stereocenters. The van der Waals surface area contributed by atoms with Crippen LogP contribution in [0.15, 0.2) is 0 Å². The molecule has 0 aromatic carbocycles. The Kier molecular flexibility index (Phi) is 6.71. The van der Waals surface area contributed by atoms with Crippen molar-refractivity contribution in [2.75, 3.05) is 18.8 Å². The molecule has 90 valence electrons. The van der Waals surface area contributed by atoms with Crippen molar-refractivity contribution in [3.63, 3.8) is 0 Å². The van der Waals surface area contributed by atoms with Crippen LogP contribution in [0.2, 0.25) is 0 Å². The first-order valence-electron chi connectivity index (χ1n) is 5.03. The van der Waals surface area contributed by atoms with Crippen molar-refractivity contribution in [1.82, 2.24) is 10.0 Å². The minimum atomic E-state index is -3.24. The van der Waals surface area contributed by atoms with Gasteiger partial charge in [-0.1, -0.05) is 13.8 Å². The molecule has 5 nitrogen and oxygen atoms in total. The van der Waals surface area contributed by atoms with Crippen LogP contribution in [0, 0.1) is 0 Å². The lowest BCUT2D eigenvalue weighted by molar-refractivity contribution is -0.116. The van der Waals surface area contributed by atoms with Gasteiger partial charge in [-0.15, -0.1) is 0 Å². The Balaban J connectivity index is 3.73. The Morgan fingerprint density at radius 1 is 1.27 bits per heavy atom. The highest BCUT2D eigenvalue weighted by Gasteiger charge is 2.09. The van der Waals surface area contributed by atoms with Gasteiger partial charge in [0.05, 0.1) is 5.75 Å². The van der Waals surface area contributed by atoms with E-state index in [9.17, 15) is 13.2 Å². The molecule has 0 aliphatic carbocycles. The van der Waals surface area contributed by atoms with Crippen LogP contribution >= 0.6 is 0 Å². The van der Waals surface area contributed by atoms with E-state index in [2.05, 4.69) is 10.0 Å². The zero-order valence-corrected chi connectivity index (χ0v) is 10.4. The summed E-state index contributed by atoms with van der Waals surface area (Å²) in [6.07, 6.45) is 0.247. The Hall–Kier alpha value is -0.460. The third-order valence-electron chi connectivity index (χ3n) is 1.72. The zero-order valence-electron chi connectivity index (χ0n) is 9.54. The van der Waals surface area contributed by atoms with Crippen LogP contribution < -0.4 is 10.0 Å². The van der Waals surface area contributed by atoms with Gasteiger partial charge in [0.25, 0.3) is 0 Å². The standard InChI is InChI=1S/C9H20N2O3S/c1-8(2)10-6-7-15(13,14)11-5-4-9(3)12/h8,10-11H,4-7H2,1-3H3. The van der Waals surface area contributed by atoms with Gasteiger partial charge in [-0.05, 0) is 6.92 Å². The fourth-order valence-electron chi connectivity index (χ4n) is 0.937. The Morgan fingerprint density at radius 2 is 1.87 bits per heavy atom. The molecule has 0 heterocycles. The Bertz CT molecular complexity index is 286. The zero-order chi connectivity index (χ0) is 11.9. The predicted octanol–water partition coefficient (Wildman–Crippen LogP) is -0.117. The van der Waals surface area contributed by atoms with Gasteiger partial charge in [-0.3, -0.25) is 4.79 Å². The van der Waals surface area contributed by atoms with Crippen LogP contribution in [-0.4, -0.2) is 39.1 Å². The number of sulfonamides is 1. The molecule has 0 aliphatic rings. The normalized spacial score (nSPS) is 12.0. The second-order valence-electron chi connectivity index (χ2n) is 3.77. The van der Waals surface area contributed by atoms with Gasteiger partial charge in [0, 0.05) is 25.6 Å². The predicted molar refractivity (Wildman–Crippen MR) is 60.2 cm³/mol. The van der Waals surface area contributed by atoms with E-state index in [1.165, 1.54) is 6.92 Å². The molecule has 0 aliphatic heterocycles. The number of Topliss-reactive ketones (excluding diaryl/α,β-unsaturated/α-hetero) is 1. The Morgan fingerprint density at radius 3 is 2.33 bits per heavy atom. The molecule has 2 N–H and O–H groups in total. The van der Waals surface area contributed by atoms with Crippen LogP contribution in [0.1, 0.15) is 27.2 Å². The van der Waals surface area contributed by atoms with E-state index >= 15 is 0 Å². The minimum absolute atomic E-state index is 0.0157. The number of hydrogen-bond donors (Lipinski definition) is 2. The third kappa shape index (κ3) is 9.84. The average Bonchev–Trinajstić information content (AvgIpc) is 2.01. The molecule has 0 bridgehead atoms. The first-order chi connectivity index (χ1) is 6.83. The highest BCUT2D eigenvalue weighted by atomic mass is 32.2. The van der Waals surface area contributed by atoms with E-state index in [0.29, 0.717) is 6.54 Å². The number of carbonyl (C=O) groups is 1. The molecule has 0 spiro atoms. The van der Waals surface area contributed by atoms with E-state index in [4.69, 9.17) is 0 Å². The second kappa shape index (κ2) is 6.92. The summed E-state index contributed by atoms with van der Waals surface area (Å²) >= 11 is 0. The number of carbonyl (C=O) groups excluding carboxylic acids is 1. The molecule has 15 heavy (non-hydrogen) atoms. The maximum Gasteiger partial charge on any atom is 0.212 e. The maximum absolute atomic E-state index is 11.3. The van der Waals surface area contributed by atoms with Gasteiger partial charge in [-0.2, -0.15) is 0 Å². The molecular weight excluding hydrogens is 216 g/mol. The summed E-state index contributed by atoms with van der Waals surface area (Å²) in [5.74, 6) is 0.0290. The van der Waals surface area contributed by atoms with Crippen molar-refractivity contribution in [3.05, 3.63) is 0 Å². The molecule has 0 rings (SSSR count). The summed E-state index contributed by atoms with van der Waals surface area (Å²) in [6.45, 7) is 5.96. The molecule has 0 fully saturated rings. The van der Waals surface area contributed by atoms with Crippen molar-refractivity contribution in [2.24, 2.45) is 0 Å². The highest BCUT2D eigenvalue weighted by molar-refractivity contribution is 7.89. The summed E-state index contributed by atoms with van der Waals surface area (Å²) in [5, 5.41) is 3.01. The van der Waals surface area contributed by atoms with Crippen molar-refractivity contribution in [1.29, 1.82) is 0 Å². The molecule has 0 aromatic heterocycles. The lowest BCUT2D eigenvalue weighted by atomic mass is 10.3. The fourth-order valence-corrected chi connectivity index (χ4v) is 1.88. The van der Waals surface area contributed by atoms with E-state index in [0.717, 1.165) is 0 Å². The van der Waals surface area contributed by atoms with Gasteiger partial charge < -0.3 is 5.32 Å². The van der Waals surface area contributed by atoms with Gasteiger partial charge in [-0.25, -0.2) is 13.1 Å². The van der Waals surface area contributed by atoms with Crippen LogP contribution in [0.4, 0.5) is 0 Å². The smallest absolute Gasteiger partial charge is 0.212 e. The molecule has 0 aromatic rings. The van der Waals surface area contributed by atoms with Crippen molar-refractivity contribution >= 4 is 15.8 Å². The summed E-state index contributed by atoms with van der Waals surface area (Å²) in [5.41, 5.74) is 0. The second-order valence-corrected chi connectivity index (χ2v) is 5.70. The summed E-state index contributed by atoms with van der Waals surface area (Å²) in [7, 11) is -3.24. The molecular formula is C9H20N2O3S. The fraction of sp³-hybridized carbons (Fsp3) is 0.889. The molecule has 0 atom stereocenters. The summed E-state index contributed by atoms with van der Waals surface area (Å²) < 4.78 is 25.0. The van der Waals surface area contributed by atoms with E-state index < -0.39 is 10.0 Å². The maximum atomic E-state index is 11.3. The minimum Gasteiger partial charge on any atom is -0.313 e. The van der Waals surface area contributed by atoms with Crippen molar-refractivity contribution < 1.29 is 13.2 Å². The number of nitrogens with one attached hydrogen (secondary N) is 2. The van der Waals surface area contributed by atoms with Gasteiger partial charge in [0.2, 0.25) is 10.0 Å². The van der Waals surface area contributed by atoms with Crippen LogP contribution in [-0.2, 0) is 14.8 Å². The molecule has 0 saturated heterocycles. The quantitative estimate of drug-likeness (QED) is 0.616. The SMILES string of the molecule is CC(=O)CCNS(=O)(=O)CCNC(C)C. The number of hydrogen-bond acceptors (Lipinski definition) is 4. The molecule has 0 radical (unpaired) electrons. The van der Waals surface area contributed by atoms with Gasteiger partial charge in [0.1, 0.15) is 5.78 Å². The highest BCUT2D eigenvalue weighted by Crippen LogP contribution is 1.86. The Labute approximate surface area is 91.7 Å². The molecule has 0 saturated carbocycles. The van der Waals surface area contributed by atoms with Crippen LogP contribution in [0.5, 0.6) is 0 Å². The third-order valence-corrected chi connectivity index (χ3v) is 3.11. The largest absolute Gasteiger partial charge is 0.313 e. The lowest BCUT2D eigenvalue weighted by Crippen LogP contribution is -2.35. The topological polar surface area (TPSA) is 75.3 Å². The summed E-state index contributed by atoms with van der Waals surface area (Å²) in [6, 6.07) is 0.275. The first-order valence-corrected chi connectivity index (χ1v) is 6.69. The van der Waals surface area contributed by atoms with Crippen molar-refractivity contribution in [2.45, 2.75) is 33.2 Å². The van der Waals surface area contributed by atoms with E-state index in [-0.39, 0.29) is 30.5 Å². The first kappa shape index (κ1) is 14.5. The monoisotopic (exact) mass is 236 g/mol. The van der Waals surface area contributed by atoms with E-state index in [1.54, 1.807) is 0 Å². The molecule has 6 heteroatoms. The van der Waals surface area contributed by atoms with Crippen molar-refractivity contribution in [3.8, 4) is 0 Å². The molecule has 0 amide bonds. The average molecular weight is 236 g/mol. The number of rotatable bonds is 8. The lowest BCUT2D eigenvalue weighted by Gasteiger charge is -2.09. The summed E-state index contributed by atoms with van der Waals surface area (Å²) in [4.78, 5) is 10.6. The van der Waals surface area contributed by atoms with E-state index in [1.807, 2.05) is 13.8 Å². The van der Waals surface area contributed by atoms with Crippen LogP contribution in [0.25, 0.3) is 0 Å². The van der Waals surface area contributed by atoms with Gasteiger partial charge in [0.15, 0.2) is 0 Å². The van der Waals surface area contributed by atoms with Gasteiger partial charge >= 0.3 is 0 Å². The van der Waals surface area contributed by atoms with Crippen LogP contribution in [0.3, 0.4) is 0 Å². The number of ketones is 1.